The van der Waals surface area contributed by atoms with Gasteiger partial charge in [0.1, 0.15) is 0 Å². The van der Waals surface area contributed by atoms with Crippen molar-refractivity contribution in [3.8, 4) is 0 Å². The zero-order chi connectivity index (χ0) is 16.0. The molecule has 3 unspecified atom stereocenters. The van der Waals surface area contributed by atoms with Crippen LogP contribution in [0.4, 0.5) is 5.69 Å². The molecule has 1 aliphatic heterocycles. The van der Waals surface area contributed by atoms with Crippen LogP contribution in [0.2, 0.25) is 0 Å². The summed E-state index contributed by atoms with van der Waals surface area (Å²) in [6, 6.07) is 6.00. The van der Waals surface area contributed by atoms with Crippen LogP contribution in [0.25, 0.3) is 0 Å². The van der Waals surface area contributed by atoms with Crippen LogP contribution in [0.5, 0.6) is 0 Å². The van der Waals surface area contributed by atoms with Crippen LogP contribution >= 0.6 is 0 Å². The Morgan fingerprint density at radius 2 is 2.09 bits per heavy atom. The summed E-state index contributed by atoms with van der Waals surface area (Å²) in [5.41, 5.74) is 3.28. The molecule has 0 aromatic heterocycles. The highest BCUT2D eigenvalue weighted by molar-refractivity contribution is 5.90. The summed E-state index contributed by atoms with van der Waals surface area (Å²) in [4.78, 5) is 26.3. The first-order chi connectivity index (χ1) is 11.1. The first-order valence-corrected chi connectivity index (χ1v) is 8.79. The van der Waals surface area contributed by atoms with Crippen LogP contribution in [0.15, 0.2) is 18.2 Å². The highest BCUT2D eigenvalue weighted by Gasteiger charge is 2.44. The van der Waals surface area contributed by atoms with Crippen molar-refractivity contribution in [2.45, 2.75) is 45.6 Å². The second-order valence-electron chi connectivity index (χ2n) is 7.42. The first-order valence-electron chi connectivity index (χ1n) is 8.79. The predicted octanol–water partition coefficient (Wildman–Crippen LogP) is 2.97. The third kappa shape index (κ3) is 2.64. The molecule has 1 N–H and O–H groups in total. The van der Waals surface area contributed by atoms with E-state index in [1.165, 1.54) is 37.3 Å². The van der Waals surface area contributed by atoms with Gasteiger partial charge in [-0.15, -0.1) is 0 Å². The molecule has 1 aromatic rings. The molecule has 2 amide bonds. The number of rotatable bonds is 2. The Labute approximate surface area is 137 Å². The zero-order valence-electron chi connectivity index (χ0n) is 13.7. The van der Waals surface area contributed by atoms with Crippen LogP contribution < -0.4 is 5.32 Å². The van der Waals surface area contributed by atoms with E-state index < -0.39 is 0 Å². The molecule has 4 heteroatoms. The Morgan fingerprint density at radius 1 is 1.22 bits per heavy atom. The van der Waals surface area contributed by atoms with Gasteiger partial charge in [0.25, 0.3) is 0 Å². The zero-order valence-corrected chi connectivity index (χ0v) is 13.7. The number of benzene rings is 1. The van der Waals surface area contributed by atoms with Crippen molar-refractivity contribution in [2.24, 2.45) is 17.8 Å². The van der Waals surface area contributed by atoms with Crippen LogP contribution in [-0.4, -0.2) is 23.3 Å². The molecule has 2 aliphatic carbocycles. The summed E-state index contributed by atoms with van der Waals surface area (Å²) < 4.78 is 0. The number of anilines is 1. The molecular weight excluding hydrogens is 288 g/mol. The SMILES string of the molecule is CC(=O)Nc1cccc2c1CCN(C(=O)C1CC3CCC1C3)C2. The molecule has 0 saturated heterocycles. The molecule has 3 aliphatic rings. The van der Waals surface area contributed by atoms with E-state index in [9.17, 15) is 9.59 Å². The molecule has 2 saturated carbocycles. The topological polar surface area (TPSA) is 49.4 Å². The van der Waals surface area contributed by atoms with Crippen molar-refractivity contribution in [3.63, 3.8) is 0 Å². The third-order valence-corrected chi connectivity index (χ3v) is 5.94. The van der Waals surface area contributed by atoms with E-state index in [-0.39, 0.29) is 11.8 Å². The average Bonchev–Trinajstić information content (AvgIpc) is 3.16. The normalized spacial score (nSPS) is 28.6. The lowest BCUT2D eigenvalue weighted by Crippen LogP contribution is -2.41. The number of amides is 2. The van der Waals surface area contributed by atoms with E-state index in [0.29, 0.717) is 18.4 Å². The van der Waals surface area contributed by atoms with Crippen molar-refractivity contribution < 1.29 is 9.59 Å². The lowest BCUT2D eigenvalue weighted by atomic mass is 9.87. The fraction of sp³-hybridized carbons (Fsp3) is 0.579. The first kappa shape index (κ1) is 14.7. The molecular formula is C19H24N2O2. The number of nitrogens with zero attached hydrogens (tertiary/aromatic N) is 1. The van der Waals surface area contributed by atoms with Crippen LogP contribution in [-0.2, 0) is 22.6 Å². The number of fused-ring (bicyclic) bond motifs is 3. The van der Waals surface area contributed by atoms with E-state index >= 15 is 0 Å². The number of carbonyl (C=O) groups excluding carboxylic acids is 2. The monoisotopic (exact) mass is 312 g/mol. The van der Waals surface area contributed by atoms with Gasteiger partial charge in [0.2, 0.25) is 11.8 Å². The summed E-state index contributed by atoms with van der Waals surface area (Å²) in [6.07, 6.45) is 5.79. The molecule has 1 heterocycles. The summed E-state index contributed by atoms with van der Waals surface area (Å²) in [5, 5.41) is 2.91. The molecule has 3 atom stereocenters. The maximum Gasteiger partial charge on any atom is 0.226 e. The van der Waals surface area contributed by atoms with Gasteiger partial charge in [0.15, 0.2) is 0 Å². The third-order valence-electron chi connectivity index (χ3n) is 5.94. The largest absolute Gasteiger partial charge is 0.338 e. The molecule has 0 spiro atoms. The van der Waals surface area contributed by atoms with Crippen molar-refractivity contribution >= 4 is 17.5 Å². The second-order valence-corrected chi connectivity index (χ2v) is 7.42. The number of carbonyl (C=O) groups is 2. The van der Waals surface area contributed by atoms with Gasteiger partial charge in [0, 0.05) is 31.6 Å². The summed E-state index contributed by atoms with van der Waals surface area (Å²) in [7, 11) is 0. The smallest absolute Gasteiger partial charge is 0.226 e. The Morgan fingerprint density at radius 3 is 2.78 bits per heavy atom. The Balaban J connectivity index is 1.50. The van der Waals surface area contributed by atoms with Gasteiger partial charge in [0.05, 0.1) is 0 Å². The lowest BCUT2D eigenvalue weighted by molar-refractivity contribution is -0.138. The van der Waals surface area contributed by atoms with Crippen LogP contribution in [0, 0.1) is 17.8 Å². The fourth-order valence-corrected chi connectivity index (χ4v) is 4.89. The predicted molar refractivity (Wildman–Crippen MR) is 88.8 cm³/mol. The minimum absolute atomic E-state index is 0.0427. The maximum absolute atomic E-state index is 12.9. The van der Waals surface area contributed by atoms with Gasteiger partial charge in [-0.25, -0.2) is 0 Å². The van der Waals surface area contributed by atoms with E-state index in [2.05, 4.69) is 11.4 Å². The van der Waals surface area contributed by atoms with Gasteiger partial charge in [-0.1, -0.05) is 18.6 Å². The Kier molecular flexibility index (Phi) is 3.63. The molecule has 4 rings (SSSR count). The van der Waals surface area contributed by atoms with E-state index in [4.69, 9.17) is 0 Å². The molecule has 122 valence electrons. The highest BCUT2D eigenvalue weighted by atomic mass is 16.2. The molecule has 2 fully saturated rings. The van der Waals surface area contributed by atoms with Crippen LogP contribution in [0.1, 0.15) is 43.7 Å². The van der Waals surface area contributed by atoms with Gasteiger partial charge >= 0.3 is 0 Å². The second kappa shape index (κ2) is 5.66. The lowest BCUT2D eigenvalue weighted by Gasteiger charge is -2.34. The summed E-state index contributed by atoms with van der Waals surface area (Å²) >= 11 is 0. The quantitative estimate of drug-likeness (QED) is 0.913. The molecule has 2 bridgehead atoms. The number of hydrogen-bond acceptors (Lipinski definition) is 2. The molecule has 23 heavy (non-hydrogen) atoms. The van der Waals surface area contributed by atoms with Crippen molar-refractivity contribution in [1.82, 2.24) is 4.90 Å². The fourth-order valence-electron chi connectivity index (χ4n) is 4.89. The van der Waals surface area contributed by atoms with E-state index in [0.717, 1.165) is 31.0 Å². The summed E-state index contributed by atoms with van der Waals surface area (Å²) in [6.45, 7) is 3.00. The van der Waals surface area contributed by atoms with Gasteiger partial charge in [-0.3, -0.25) is 9.59 Å². The van der Waals surface area contributed by atoms with Gasteiger partial charge in [-0.2, -0.15) is 0 Å². The van der Waals surface area contributed by atoms with Crippen molar-refractivity contribution in [3.05, 3.63) is 29.3 Å². The number of nitrogens with one attached hydrogen (secondary N) is 1. The maximum atomic E-state index is 12.9. The average molecular weight is 312 g/mol. The summed E-state index contributed by atoms with van der Waals surface area (Å²) in [5.74, 6) is 2.04. The molecule has 4 nitrogen and oxygen atoms in total. The van der Waals surface area contributed by atoms with Gasteiger partial charge in [-0.05, 0) is 54.7 Å². The Bertz CT molecular complexity index is 655. The minimum atomic E-state index is -0.0427. The minimum Gasteiger partial charge on any atom is -0.338 e. The van der Waals surface area contributed by atoms with Crippen molar-refractivity contribution in [2.75, 3.05) is 11.9 Å². The molecule has 0 radical (unpaired) electrons. The molecule has 1 aromatic carbocycles. The standard InChI is InChI=1S/C19H24N2O2/c1-12(22)20-18-4-2-3-15-11-21(8-7-16(15)18)19(23)17-10-13-5-6-14(17)9-13/h2-4,13-14,17H,5-11H2,1H3,(H,20,22). The van der Waals surface area contributed by atoms with Crippen LogP contribution in [0.3, 0.4) is 0 Å². The Hall–Kier alpha value is -1.84. The van der Waals surface area contributed by atoms with E-state index in [1.54, 1.807) is 0 Å². The van der Waals surface area contributed by atoms with Gasteiger partial charge < -0.3 is 10.2 Å². The van der Waals surface area contributed by atoms with E-state index in [1.807, 2.05) is 17.0 Å². The highest BCUT2D eigenvalue weighted by Crippen LogP contribution is 2.49. The number of hydrogen-bond donors (Lipinski definition) is 1. The van der Waals surface area contributed by atoms with Crippen molar-refractivity contribution in [1.29, 1.82) is 0 Å².